The maximum absolute atomic E-state index is 12.2. The van der Waals surface area contributed by atoms with E-state index in [1.54, 1.807) is 38.1 Å². The van der Waals surface area contributed by atoms with Crippen LogP contribution in [0.15, 0.2) is 24.3 Å². The third-order valence-electron chi connectivity index (χ3n) is 3.78. The average molecular weight is 384 g/mol. The van der Waals surface area contributed by atoms with Gasteiger partial charge in [0.05, 0.1) is 12.2 Å². The van der Waals surface area contributed by atoms with Crippen molar-refractivity contribution in [2.75, 3.05) is 18.7 Å². The molecule has 0 atom stereocenters. The van der Waals surface area contributed by atoms with Crippen molar-refractivity contribution in [3.05, 3.63) is 45.8 Å². The standard InChI is InChI=1S/C19H16N2O5S/c1-3-24-19(23)17-11(2)13(9-20)18(27-17)21-16(22)7-5-12-4-6-14-15(8-12)26-10-25-14/h4-8H,3,10H2,1-2H3,(H,21,22). The van der Waals surface area contributed by atoms with Gasteiger partial charge in [-0.1, -0.05) is 6.07 Å². The first-order valence-corrected chi connectivity index (χ1v) is 8.94. The molecule has 1 aromatic heterocycles. The number of nitrogens with one attached hydrogen (secondary N) is 1. The summed E-state index contributed by atoms with van der Waals surface area (Å²) in [5, 5.41) is 12.3. The number of ether oxygens (including phenoxy) is 3. The summed E-state index contributed by atoms with van der Waals surface area (Å²) in [7, 11) is 0. The molecule has 2 heterocycles. The van der Waals surface area contributed by atoms with Gasteiger partial charge in [0.15, 0.2) is 11.5 Å². The summed E-state index contributed by atoms with van der Waals surface area (Å²) < 4.78 is 15.5. The molecule has 0 unspecified atom stereocenters. The predicted octanol–water partition coefficient (Wildman–Crippen LogP) is 3.49. The van der Waals surface area contributed by atoms with Crippen LogP contribution < -0.4 is 14.8 Å². The molecule has 138 valence electrons. The maximum Gasteiger partial charge on any atom is 0.348 e. The van der Waals surface area contributed by atoms with Gasteiger partial charge in [-0.3, -0.25) is 4.79 Å². The minimum absolute atomic E-state index is 0.181. The highest BCUT2D eigenvalue weighted by atomic mass is 32.1. The average Bonchev–Trinajstić information content (AvgIpc) is 3.23. The molecule has 0 saturated heterocycles. The highest BCUT2D eigenvalue weighted by Gasteiger charge is 2.21. The van der Waals surface area contributed by atoms with Gasteiger partial charge in [-0.2, -0.15) is 5.26 Å². The van der Waals surface area contributed by atoms with Crippen molar-refractivity contribution in [1.82, 2.24) is 0 Å². The van der Waals surface area contributed by atoms with Crippen LogP contribution in [0.1, 0.15) is 33.3 Å². The molecule has 1 N–H and O–H groups in total. The molecular weight excluding hydrogens is 368 g/mol. The number of anilines is 1. The van der Waals surface area contributed by atoms with Crippen LogP contribution in [0.2, 0.25) is 0 Å². The third kappa shape index (κ3) is 3.93. The van der Waals surface area contributed by atoms with Crippen molar-refractivity contribution >= 4 is 34.3 Å². The van der Waals surface area contributed by atoms with Crippen molar-refractivity contribution < 1.29 is 23.8 Å². The molecule has 0 radical (unpaired) electrons. The second-order valence-corrected chi connectivity index (χ2v) is 6.55. The van der Waals surface area contributed by atoms with Crippen molar-refractivity contribution in [1.29, 1.82) is 5.26 Å². The Morgan fingerprint density at radius 3 is 2.89 bits per heavy atom. The topological polar surface area (TPSA) is 97.7 Å². The Bertz CT molecular complexity index is 971. The van der Waals surface area contributed by atoms with E-state index in [1.165, 1.54) is 6.08 Å². The van der Waals surface area contributed by atoms with E-state index in [1.807, 2.05) is 6.07 Å². The van der Waals surface area contributed by atoms with Crippen LogP contribution >= 0.6 is 11.3 Å². The lowest BCUT2D eigenvalue weighted by Crippen LogP contribution is -2.07. The van der Waals surface area contributed by atoms with E-state index < -0.39 is 11.9 Å². The lowest BCUT2D eigenvalue weighted by molar-refractivity contribution is -0.111. The molecule has 1 aliphatic heterocycles. The van der Waals surface area contributed by atoms with Crippen LogP contribution in [-0.2, 0) is 9.53 Å². The van der Waals surface area contributed by atoms with E-state index in [4.69, 9.17) is 14.2 Å². The molecule has 7 nitrogen and oxygen atoms in total. The number of hydrogen-bond acceptors (Lipinski definition) is 7. The first-order valence-electron chi connectivity index (χ1n) is 8.12. The number of rotatable bonds is 5. The molecule has 2 aromatic rings. The summed E-state index contributed by atoms with van der Waals surface area (Å²) >= 11 is 1.03. The van der Waals surface area contributed by atoms with Crippen molar-refractivity contribution in [2.24, 2.45) is 0 Å². The molecule has 1 aliphatic rings. The Hall–Kier alpha value is -3.31. The Morgan fingerprint density at radius 2 is 2.15 bits per heavy atom. The van der Waals surface area contributed by atoms with Crippen molar-refractivity contribution in [2.45, 2.75) is 13.8 Å². The number of benzene rings is 1. The van der Waals surface area contributed by atoms with E-state index in [9.17, 15) is 14.9 Å². The first kappa shape index (κ1) is 18.5. The van der Waals surface area contributed by atoms with Gasteiger partial charge in [0.1, 0.15) is 15.9 Å². The minimum atomic E-state index is -0.507. The Balaban J connectivity index is 1.75. The summed E-state index contributed by atoms with van der Waals surface area (Å²) in [6.45, 7) is 3.77. The number of carbonyl (C=O) groups is 2. The van der Waals surface area contributed by atoms with Crippen LogP contribution in [0, 0.1) is 18.3 Å². The Morgan fingerprint density at radius 1 is 1.37 bits per heavy atom. The van der Waals surface area contributed by atoms with E-state index in [0.717, 1.165) is 16.9 Å². The largest absolute Gasteiger partial charge is 0.462 e. The zero-order valence-corrected chi connectivity index (χ0v) is 15.5. The molecular formula is C19H16N2O5S. The molecule has 0 aliphatic carbocycles. The summed E-state index contributed by atoms with van der Waals surface area (Å²) in [6, 6.07) is 7.35. The second-order valence-electron chi connectivity index (χ2n) is 5.53. The van der Waals surface area contributed by atoms with Crippen molar-refractivity contribution in [3.8, 4) is 17.6 Å². The van der Waals surface area contributed by atoms with Gasteiger partial charge in [-0.15, -0.1) is 11.3 Å². The summed E-state index contributed by atoms with van der Waals surface area (Å²) in [6.07, 6.45) is 2.97. The number of fused-ring (bicyclic) bond motifs is 1. The molecule has 27 heavy (non-hydrogen) atoms. The number of thiophene rings is 1. The zero-order chi connectivity index (χ0) is 19.4. The smallest absolute Gasteiger partial charge is 0.348 e. The van der Waals surface area contributed by atoms with Gasteiger partial charge in [0.25, 0.3) is 0 Å². The maximum atomic E-state index is 12.2. The minimum Gasteiger partial charge on any atom is -0.462 e. The van der Waals surface area contributed by atoms with E-state index in [2.05, 4.69) is 5.32 Å². The fourth-order valence-electron chi connectivity index (χ4n) is 2.47. The number of amides is 1. The van der Waals surface area contributed by atoms with Crippen LogP contribution in [0.25, 0.3) is 6.08 Å². The molecule has 0 fully saturated rings. The van der Waals surface area contributed by atoms with Crippen LogP contribution in [0.4, 0.5) is 5.00 Å². The predicted molar refractivity (Wildman–Crippen MR) is 100.0 cm³/mol. The second kappa shape index (κ2) is 7.93. The van der Waals surface area contributed by atoms with Crippen molar-refractivity contribution in [3.63, 3.8) is 0 Å². The molecule has 0 bridgehead atoms. The van der Waals surface area contributed by atoms with E-state index >= 15 is 0 Å². The highest BCUT2D eigenvalue weighted by molar-refractivity contribution is 7.18. The third-order valence-corrected chi connectivity index (χ3v) is 4.97. The quantitative estimate of drug-likeness (QED) is 0.626. The summed E-state index contributed by atoms with van der Waals surface area (Å²) in [4.78, 5) is 24.5. The lowest BCUT2D eigenvalue weighted by atomic mass is 10.1. The molecule has 3 rings (SSSR count). The van der Waals surface area contributed by atoms with Gasteiger partial charge >= 0.3 is 5.97 Å². The first-order chi connectivity index (χ1) is 13.0. The van der Waals surface area contributed by atoms with Crippen LogP contribution in [0.3, 0.4) is 0 Å². The fraction of sp³-hybridized carbons (Fsp3) is 0.211. The summed E-state index contributed by atoms with van der Waals surface area (Å²) in [5.41, 5.74) is 1.52. The number of hydrogen-bond donors (Lipinski definition) is 1. The SMILES string of the molecule is CCOC(=O)c1sc(NC(=O)C=Cc2ccc3c(c2)OCO3)c(C#N)c1C. The molecule has 0 spiro atoms. The Kier molecular flexibility index (Phi) is 5.43. The lowest BCUT2D eigenvalue weighted by Gasteiger charge is -2.00. The monoisotopic (exact) mass is 384 g/mol. The van der Waals surface area contributed by atoms with Crippen LogP contribution in [-0.4, -0.2) is 25.3 Å². The number of esters is 1. The molecule has 0 saturated carbocycles. The van der Waals surface area contributed by atoms with E-state index in [-0.39, 0.29) is 19.0 Å². The van der Waals surface area contributed by atoms with Gasteiger partial charge in [-0.05, 0) is 43.2 Å². The number of nitriles is 1. The summed E-state index contributed by atoms with van der Waals surface area (Å²) in [5.74, 6) is 0.363. The van der Waals surface area contributed by atoms with Gasteiger partial charge in [0.2, 0.25) is 12.7 Å². The zero-order valence-electron chi connectivity index (χ0n) is 14.7. The number of nitrogens with zero attached hydrogens (tertiary/aromatic N) is 1. The fourth-order valence-corrected chi connectivity index (χ4v) is 3.52. The van der Waals surface area contributed by atoms with E-state index in [0.29, 0.717) is 26.9 Å². The van der Waals surface area contributed by atoms with Gasteiger partial charge in [-0.25, -0.2) is 4.79 Å². The number of carbonyl (C=O) groups excluding carboxylic acids is 2. The highest BCUT2D eigenvalue weighted by Crippen LogP contribution is 2.34. The van der Waals surface area contributed by atoms with Gasteiger partial charge in [0, 0.05) is 6.08 Å². The normalized spacial score (nSPS) is 12.0. The molecule has 8 heteroatoms. The Labute approximate surface area is 159 Å². The van der Waals surface area contributed by atoms with Gasteiger partial charge < -0.3 is 19.5 Å². The molecule has 1 amide bonds. The molecule has 1 aromatic carbocycles. The van der Waals surface area contributed by atoms with Crippen LogP contribution in [0.5, 0.6) is 11.5 Å².